The molecule has 8 atom stereocenters. The lowest BCUT2D eigenvalue weighted by atomic mass is 9.93. The molecular weight excluding hydrogens is 444 g/mol. The van der Waals surface area contributed by atoms with Gasteiger partial charge in [-0.05, 0) is 24.6 Å². The number of methoxy groups -OCH3 is 1. The Balaban J connectivity index is 1.31. The molecule has 2 aromatic rings. The number of ether oxygens (including phenoxy) is 7. The van der Waals surface area contributed by atoms with Crippen LogP contribution in [0.3, 0.4) is 0 Å². The van der Waals surface area contributed by atoms with Crippen LogP contribution in [-0.4, -0.2) is 67.9 Å². The van der Waals surface area contributed by atoms with Crippen molar-refractivity contribution in [3.63, 3.8) is 0 Å². The van der Waals surface area contributed by atoms with E-state index in [9.17, 15) is 0 Å². The van der Waals surface area contributed by atoms with Gasteiger partial charge < -0.3 is 33.2 Å². The van der Waals surface area contributed by atoms with Crippen molar-refractivity contribution in [2.75, 3.05) is 20.3 Å². The minimum atomic E-state index is -1.11. The maximum Gasteiger partial charge on any atom is 0.230 e. The Bertz CT molecular complexity index is 958. The van der Waals surface area contributed by atoms with E-state index >= 15 is 0 Å². The Morgan fingerprint density at radius 2 is 1.76 bits per heavy atom. The molecule has 4 heterocycles. The van der Waals surface area contributed by atoms with Gasteiger partial charge in [0.25, 0.3) is 0 Å². The van der Waals surface area contributed by atoms with Gasteiger partial charge in [0.2, 0.25) is 5.79 Å². The van der Waals surface area contributed by atoms with Crippen LogP contribution in [0.5, 0.6) is 0 Å². The van der Waals surface area contributed by atoms with Gasteiger partial charge >= 0.3 is 0 Å². The SMILES string of the molecule is COC[C@H]1O[C@@H](Sc2ccccc2)[C@@H](OCc2ccccc2)[C@@H]2O[C@H]3O[C@]12O[C@]3(C)[C@@H]1CO1. The molecule has 4 aliphatic heterocycles. The van der Waals surface area contributed by atoms with Crippen molar-refractivity contribution in [3.05, 3.63) is 66.2 Å². The summed E-state index contributed by atoms with van der Waals surface area (Å²) in [5.41, 5.74) is 0.0620. The first kappa shape index (κ1) is 22.0. The van der Waals surface area contributed by atoms with Crippen LogP contribution in [0.2, 0.25) is 0 Å². The van der Waals surface area contributed by atoms with Crippen LogP contribution < -0.4 is 0 Å². The summed E-state index contributed by atoms with van der Waals surface area (Å²) in [6.07, 6.45) is -1.96. The van der Waals surface area contributed by atoms with Gasteiger partial charge in [0, 0.05) is 12.0 Å². The zero-order chi connectivity index (χ0) is 22.5. The molecule has 2 aromatic carbocycles. The molecule has 4 saturated heterocycles. The molecule has 0 amide bonds. The molecule has 4 aliphatic rings. The molecule has 4 fully saturated rings. The van der Waals surface area contributed by atoms with E-state index in [1.165, 1.54) is 0 Å². The first-order valence-corrected chi connectivity index (χ1v) is 12.2. The van der Waals surface area contributed by atoms with Crippen LogP contribution in [0.15, 0.2) is 65.6 Å². The highest BCUT2D eigenvalue weighted by Gasteiger charge is 2.76. The lowest BCUT2D eigenvalue weighted by Gasteiger charge is -2.50. The van der Waals surface area contributed by atoms with Gasteiger partial charge in [0.05, 0.1) is 19.8 Å². The van der Waals surface area contributed by atoms with Crippen molar-refractivity contribution < 1.29 is 33.2 Å². The third-order valence-corrected chi connectivity index (χ3v) is 7.85. The smallest absolute Gasteiger partial charge is 0.230 e. The van der Waals surface area contributed by atoms with E-state index in [-0.39, 0.29) is 11.5 Å². The van der Waals surface area contributed by atoms with Crippen LogP contribution in [0.25, 0.3) is 0 Å². The maximum atomic E-state index is 6.64. The number of thioether (sulfide) groups is 1. The van der Waals surface area contributed by atoms with Crippen LogP contribution in [0.4, 0.5) is 0 Å². The molecule has 8 heteroatoms. The number of benzene rings is 2. The second-order valence-electron chi connectivity index (χ2n) is 8.98. The van der Waals surface area contributed by atoms with Crippen molar-refractivity contribution in [1.29, 1.82) is 0 Å². The number of hydrogen-bond acceptors (Lipinski definition) is 8. The van der Waals surface area contributed by atoms with E-state index < -0.39 is 36.0 Å². The fourth-order valence-electron chi connectivity index (χ4n) is 4.89. The molecule has 0 aliphatic carbocycles. The maximum absolute atomic E-state index is 6.64. The predicted molar refractivity (Wildman–Crippen MR) is 120 cm³/mol. The zero-order valence-electron chi connectivity index (χ0n) is 18.6. The Kier molecular flexibility index (Phi) is 5.75. The molecule has 33 heavy (non-hydrogen) atoms. The summed E-state index contributed by atoms with van der Waals surface area (Å²) in [6, 6.07) is 20.2. The minimum Gasteiger partial charge on any atom is -0.382 e. The fourth-order valence-corrected chi connectivity index (χ4v) is 6.02. The molecule has 0 unspecified atom stereocenters. The summed E-state index contributed by atoms with van der Waals surface area (Å²) < 4.78 is 43.7. The lowest BCUT2D eigenvalue weighted by Crippen LogP contribution is -2.69. The normalized spacial score (nSPS) is 41.2. The quantitative estimate of drug-likeness (QED) is 0.542. The van der Waals surface area contributed by atoms with E-state index in [1.807, 2.05) is 55.5 Å². The Morgan fingerprint density at radius 3 is 2.45 bits per heavy atom. The van der Waals surface area contributed by atoms with Crippen molar-refractivity contribution >= 4 is 11.8 Å². The second kappa shape index (κ2) is 8.62. The Morgan fingerprint density at radius 1 is 1.03 bits per heavy atom. The van der Waals surface area contributed by atoms with Crippen molar-refractivity contribution in [2.45, 2.75) is 66.0 Å². The van der Waals surface area contributed by atoms with Crippen LogP contribution >= 0.6 is 11.8 Å². The average molecular weight is 473 g/mol. The Hall–Kier alpha value is -1.49. The lowest BCUT2D eigenvalue weighted by molar-refractivity contribution is -0.341. The second-order valence-corrected chi connectivity index (χ2v) is 10.1. The molecule has 0 radical (unpaired) electrons. The average Bonchev–Trinajstić information content (AvgIpc) is 3.57. The first-order valence-electron chi connectivity index (χ1n) is 11.3. The highest BCUT2D eigenvalue weighted by Crippen LogP contribution is 2.57. The summed E-state index contributed by atoms with van der Waals surface area (Å²) >= 11 is 1.61. The fraction of sp³-hybridized carbons (Fsp3) is 0.520. The van der Waals surface area contributed by atoms with Gasteiger partial charge in [-0.25, -0.2) is 0 Å². The van der Waals surface area contributed by atoms with Crippen LogP contribution in [0, 0.1) is 0 Å². The van der Waals surface area contributed by atoms with Gasteiger partial charge in [-0.15, -0.1) is 0 Å². The van der Waals surface area contributed by atoms with Crippen molar-refractivity contribution in [2.24, 2.45) is 0 Å². The standard InChI is InChI=1S/C25H28O7S/c1-24(18-15-27-18)23-30-21-20(28-13-16-9-5-3-6-10-16)22(33-17-11-7-4-8-12-17)29-19(14-26-2)25(21,31-23)32-24/h3-12,18-23H,13-15H2,1-2H3/t18-,19+,20-,21-,22-,23-,24+,25-/m0/s1. The first-order chi connectivity index (χ1) is 16.1. The van der Waals surface area contributed by atoms with E-state index in [0.29, 0.717) is 19.8 Å². The molecule has 0 saturated carbocycles. The number of hydrogen-bond donors (Lipinski definition) is 0. The van der Waals surface area contributed by atoms with Gasteiger partial charge in [-0.2, -0.15) is 0 Å². The Labute approximate surface area is 197 Å². The summed E-state index contributed by atoms with van der Waals surface area (Å²) in [4.78, 5) is 1.09. The molecule has 2 bridgehead atoms. The summed E-state index contributed by atoms with van der Waals surface area (Å²) in [5.74, 6) is -1.11. The predicted octanol–water partition coefficient (Wildman–Crippen LogP) is 3.36. The van der Waals surface area contributed by atoms with Gasteiger partial charge in [0.1, 0.15) is 35.5 Å². The topological polar surface area (TPSA) is 67.9 Å². The molecular formula is C25H28O7S. The van der Waals surface area contributed by atoms with E-state index in [4.69, 9.17) is 33.2 Å². The van der Waals surface area contributed by atoms with E-state index in [2.05, 4.69) is 12.1 Å². The molecule has 1 spiro atoms. The number of fused-ring (bicyclic) bond motifs is 1. The molecule has 0 N–H and O–H groups in total. The zero-order valence-corrected chi connectivity index (χ0v) is 19.4. The monoisotopic (exact) mass is 472 g/mol. The van der Waals surface area contributed by atoms with E-state index in [1.54, 1.807) is 18.9 Å². The summed E-state index contributed by atoms with van der Waals surface area (Å²) in [7, 11) is 1.65. The molecule has 7 nitrogen and oxygen atoms in total. The largest absolute Gasteiger partial charge is 0.382 e. The highest BCUT2D eigenvalue weighted by molar-refractivity contribution is 7.99. The third-order valence-electron chi connectivity index (χ3n) is 6.69. The van der Waals surface area contributed by atoms with E-state index in [0.717, 1.165) is 10.5 Å². The molecule has 176 valence electrons. The van der Waals surface area contributed by atoms with Crippen molar-refractivity contribution in [3.8, 4) is 0 Å². The molecule has 6 rings (SSSR count). The summed E-state index contributed by atoms with van der Waals surface area (Å²) in [6.45, 7) is 3.36. The third kappa shape index (κ3) is 3.83. The van der Waals surface area contributed by atoms with Gasteiger partial charge in [-0.3, -0.25) is 0 Å². The van der Waals surface area contributed by atoms with Crippen LogP contribution in [0.1, 0.15) is 12.5 Å². The minimum absolute atomic E-state index is 0.0499. The summed E-state index contributed by atoms with van der Waals surface area (Å²) in [5, 5.41) is 0. The number of rotatable bonds is 8. The van der Waals surface area contributed by atoms with Crippen molar-refractivity contribution in [1.82, 2.24) is 0 Å². The van der Waals surface area contributed by atoms with Gasteiger partial charge in [0.15, 0.2) is 6.29 Å². The number of epoxide rings is 1. The molecule has 0 aromatic heterocycles. The van der Waals surface area contributed by atoms with Crippen LogP contribution in [-0.2, 0) is 39.8 Å². The highest BCUT2D eigenvalue weighted by atomic mass is 32.2. The van der Waals surface area contributed by atoms with Gasteiger partial charge in [-0.1, -0.05) is 60.3 Å².